The summed E-state index contributed by atoms with van der Waals surface area (Å²) in [6.07, 6.45) is 5.69. The molecule has 1 fully saturated rings. The number of carbonyl (C=O) groups excluding carboxylic acids is 2. The minimum absolute atomic E-state index is 0.254. The Morgan fingerprint density at radius 2 is 1.49 bits per heavy atom. The fourth-order valence-electron chi connectivity index (χ4n) is 5.46. The second kappa shape index (κ2) is 10.5. The van der Waals surface area contributed by atoms with Gasteiger partial charge in [-0.15, -0.1) is 0 Å². The third-order valence-corrected chi connectivity index (χ3v) is 6.92. The largest absolute Gasteiger partial charge is 0.489 e. The summed E-state index contributed by atoms with van der Waals surface area (Å²) in [6.45, 7) is 13.2. The number of aryl methyl sites for hydroxylation is 1. The first-order valence-electron chi connectivity index (χ1n) is 12.4. The van der Waals surface area contributed by atoms with Crippen LogP contribution >= 0.6 is 0 Å². The van der Waals surface area contributed by atoms with Gasteiger partial charge in [-0.1, -0.05) is 38.3 Å². The minimum Gasteiger partial charge on any atom is -0.489 e. The number of benzene rings is 2. The molecule has 35 heavy (non-hydrogen) atoms. The van der Waals surface area contributed by atoms with E-state index in [1.54, 1.807) is 0 Å². The Bertz CT molecular complexity index is 1150. The van der Waals surface area contributed by atoms with Gasteiger partial charge >= 0.3 is 11.9 Å². The zero-order valence-corrected chi connectivity index (χ0v) is 20.8. The monoisotopic (exact) mass is 478 g/mol. The SMILES string of the molecule is C=CC(=O)OC(C)COc1c2c(c(OCC(C)OC(=O)C=C)c3c(CC)cccc13)C1CCC2C1. The lowest BCUT2D eigenvalue weighted by atomic mass is 9.85. The Hall–Kier alpha value is -3.28. The number of esters is 2. The number of hydrogen-bond donors (Lipinski definition) is 0. The highest BCUT2D eigenvalue weighted by Gasteiger charge is 2.43. The fourth-order valence-corrected chi connectivity index (χ4v) is 5.46. The molecule has 2 aromatic carbocycles. The van der Waals surface area contributed by atoms with E-state index < -0.39 is 24.1 Å². The summed E-state index contributed by atoms with van der Waals surface area (Å²) in [7, 11) is 0. The molecule has 186 valence electrons. The predicted molar refractivity (Wildman–Crippen MR) is 135 cm³/mol. The van der Waals surface area contributed by atoms with Gasteiger partial charge in [-0.2, -0.15) is 0 Å². The summed E-state index contributed by atoms with van der Waals surface area (Å²) < 4.78 is 23.6. The van der Waals surface area contributed by atoms with Crippen LogP contribution in [-0.2, 0) is 25.5 Å². The van der Waals surface area contributed by atoms with E-state index in [0.717, 1.165) is 60.1 Å². The second-order valence-electron chi connectivity index (χ2n) is 9.41. The van der Waals surface area contributed by atoms with Crippen molar-refractivity contribution in [3.8, 4) is 11.5 Å². The van der Waals surface area contributed by atoms with E-state index in [2.05, 4.69) is 32.2 Å². The van der Waals surface area contributed by atoms with Crippen molar-refractivity contribution in [1.29, 1.82) is 0 Å². The molecule has 6 nitrogen and oxygen atoms in total. The summed E-state index contributed by atoms with van der Waals surface area (Å²) in [5.41, 5.74) is 3.62. The smallest absolute Gasteiger partial charge is 0.330 e. The lowest BCUT2D eigenvalue weighted by molar-refractivity contribution is -0.144. The van der Waals surface area contributed by atoms with E-state index in [-0.39, 0.29) is 13.2 Å². The first kappa shape index (κ1) is 24.8. The van der Waals surface area contributed by atoms with Crippen LogP contribution in [0, 0.1) is 0 Å². The predicted octanol–water partition coefficient (Wildman–Crippen LogP) is 5.76. The van der Waals surface area contributed by atoms with E-state index in [1.807, 2.05) is 19.9 Å². The molecule has 4 unspecified atom stereocenters. The van der Waals surface area contributed by atoms with Crippen molar-refractivity contribution < 1.29 is 28.5 Å². The maximum absolute atomic E-state index is 11.6. The molecule has 0 aromatic heterocycles. The number of fused-ring (bicyclic) bond motifs is 6. The number of carbonyl (C=O) groups is 2. The molecule has 2 aromatic rings. The standard InChI is InChI=1S/C29H34O6/c1-6-19-10-9-11-22-25(19)29(33-16-18(5)35-24(31)8-3)27-21-13-12-20(14-21)26(27)28(22)32-15-17(4)34-23(30)7-2/h7-11,17-18,20-21H,2-3,6,12-16H2,1,4-5H3. The van der Waals surface area contributed by atoms with Crippen LogP contribution in [0.1, 0.15) is 68.6 Å². The van der Waals surface area contributed by atoms with Gasteiger partial charge in [0.1, 0.15) is 36.9 Å². The molecule has 2 aliphatic rings. The molecule has 0 N–H and O–H groups in total. The molecule has 2 aliphatic carbocycles. The second-order valence-corrected chi connectivity index (χ2v) is 9.41. The fraction of sp³-hybridized carbons (Fsp3) is 0.448. The molecule has 0 radical (unpaired) electrons. The van der Waals surface area contributed by atoms with Crippen molar-refractivity contribution in [3.05, 3.63) is 60.2 Å². The molecule has 0 heterocycles. The maximum Gasteiger partial charge on any atom is 0.330 e. The molecule has 2 bridgehead atoms. The summed E-state index contributed by atoms with van der Waals surface area (Å²) in [5, 5.41) is 2.05. The van der Waals surface area contributed by atoms with E-state index in [4.69, 9.17) is 18.9 Å². The molecule has 6 heteroatoms. The van der Waals surface area contributed by atoms with Crippen LogP contribution in [0.4, 0.5) is 0 Å². The Morgan fingerprint density at radius 1 is 0.943 bits per heavy atom. The Kier molecular flexibility index (Phi) is 7.48. The van der Waals surface area contributed by atoms with Crippen LogP contribution in [0.25, 0.3) is 10.8 Å². The van der Waals surface area contributed by atoms with Crippen LogP contribution in [-0.4, -0.2) is 37.4 Å². The molecule has 0 spiro atoms. The average Bonchev–Trinajstić information content (AvgIpc) is 3.48. The van der Waals surface area contributed by atoms with Crippen molar-refractivity contribution >= 4 is 22.7 Å². The minimum atomic E-state index is -0.460. The van der Waals surface area contributed by atoms with Crippen molar-refractivity contribution in [2.24, 2.45) is 0 Å². The van der Waals surface area contributed by atoms with Gasteiger partial charge in [0.2, 0.25) is 0 Å². The topological polar surface area (TPSA) is 71.1 Å². The van der Waals surface area contributed by atoms with Crippen molar-refractivity contribution in [2.45, 2.75) is 70.5 Å². The van der Waals surface area contributed by atoms with Gasteiger partial charge in [-0.3, -0.25) is 0 Å². The average molecular weight is 479 g/mol. The first-order chi connectivity index (χ1) is 16.9. The van der Waals surface area contributed by atoms with E-state index >= 15 is 0 Å². The van der Waals surface area contributed by atoms with E-state index in [1.165, 1.54) is 16.7 Å². The number of ether oxygens (including phenoxy) is 4. The zero-order chi connectivity index (χ0) is 25.1. The van der Waals surface area contributed by atoms with E-state index in [9.17, 15) is 9.59 Å². The van der Waals surface area contributed by atoms with Crippen LogP contribution in [0.5, 0.6) is 11.5 Å². The molecule has 1 saturated carbocycles. The maximum atomic E-state index is 11.6. The van der Waals surface area contributed by atoms with Crippen molar-refractivity contribution in [3.63, 3.8) is 0 Å². The van der Waals surface area contributed by atoms with Gasteiger partial charge in [0.25, 0.3) is 0 Å². The van der Waals surface area contributed by atoms with Crippen LogP contribution < -0.4 is 9.47 Å². The van der Waals surface area contributed by atoms with Crippen LogP contribution in [0.3, 0.4) is 0 Å². The summed E-state index contributed by atoms with van der Waals surface area (Å²) in [5.74, 6) is 1.68. The number of rotatable bonds is 11. The number of hydrogen-bond acceptors (Lipinski definition) is 6. The van der Waals surface area contributed by atoms with Gasteiger partial charge in [0.15, 0.2) is 0 Å². The quantitative estimate of drug-likeness (QED) is 0.302. The Balaban J connectivity index is 1.76. The molecule has 4 rings (SSSR count). The van der Waals surface area contributed by atoms with Crippen LogP contribution in [0.15, 0.2) is 43.5 Å². The van der Waals surface area contributed by atoms with Gasteiger partial charge in [-0.05, 0) is 56.9 Å². The van der Waals surface area contributed by atoms with Gasteiger partial charge < -0.3 is 18.9 Å². The zero-order valence-electron chi connectivity index (χ0n) is 20.8. The molecule has 0 amide bonds. The highest BCUT2D eigenvalue weighted by Crippen LogP contribution is 2.61. The third kappa shape index (κ3) is 4.93. The van der Waals surface area contributed by atoms with Gasteiger partial charge in [0, 0.05) is 34.1 Å². The highest BCUT2D eigenvalue weighted by atomic mass is 16.6. The summed E-state index contributed by atoms with van der Waals surface area (Å²) >= 11 is 0. The van der Waals surface area contributed by atoms with Crippen molar-refractivity contribution in [2.75, 3.05) is 13.2 Å². The van der Waals surface area contributed by atoms with Crippen LogP contribution in [0.2, 0.25) is 0 Å². The summed E-state index contributed by atoms with van der Waals surface area (Å²) in [4.78, 5) is 23.3. The Labute approximate surface area is 206 Å². The van der Waals surface area contributed by atoms with Crippen molar-refractivity contribution in [1.82, 2.24) is 0 Å². The lowest BCUT2D eigenvalue weighted by Crippen LogP contribution is -2.23. The van der Waals surface area contributed by atoms with Gasteiger partial charge in [-0.25, -0.2) is 9.59 Å². The Morgan fingerprint density at radius 3 is 2.03 bits per heavy atom. The van der Waals surface area contributed by atoms with E-state index in [0.29, 0.717) is 11.8 Å². The normalized spacial score (nSPS) is 19.5. The summed E-state index contributed by atoms with van der Waals surface area (Å²) in [6, 6.07) is 6.24. The molecule has 0 aliphatic heterocycles. The highest BCUT2D eigenvalue weighted by molar-refractivity contribution is 5.99. The van der Waals surface area contributed by atoms with Gasteiger partial charge in [0.05, 0.1) is 0 Å². The molecule has 0 saturated heterocycles. The molecular formula is C29H34O6. The first-order valence-corrected chi connectivity index (χ1v) is 12.4. The third-order valence-electron chi connectivity index (χ3n) is 6.92. The molecule has 4 atom stereocenters. The molecular weight excluding hydrogens is 444 g/mol. The lowest BCUT2D eigenvalue weighted by Gasteiger charge is -2.27.